The van der Waals surface area contributed by atoms with Crippen LogP contribution in [0.2, 0.25) is 0 Å². The van der Waals surface area contributed by atoms with Crippen molar-refractivity contribution in [3.63, 3.8) is 0 Å². The maximum atomic E-state index is 13.2. The smallest absolute Gasteiger partial charge is 0.223 e. The van der Waals surface area contributed by atoms with Crippen molar-refractivity contribution in [1.82, 2.24) is 4.90 Å². The quantitative estimate of drug-likeness (QED) is 0.746. The highest BCUT2D eigenvalue weighted by Crippen LogP contribution is 2.51. The van der Waals surface area contributed by atoms with Crippen LogP contribution in [0.5, 0.6) is 0 Å². The average Bonchev–Trinajstić information content (AvgIpc) is 2.91. The normalized spacial score (nSPS) is 33.0. The first-order valence-electron chi connectivity index (χ1n) is 8.33. The summed E-state index contributed by atoms with van der Waals surface area (Å²) in [7, 11) is 0. The van der Waals surface area contributed by atoms with Gasteiger partial charge in [-0.1, -0.05) is 36.8 Å². The lowest BCUT2D eigenvalue weighted by Gasteiger charge is -2.36. The minimum Gasteiger partial charge on any atom is -0.329 e. The van der Waals surface area contributed by atoms with Crippen molar-refractivity contribution in [1.29, 1.82) is 0 Å². The van der Waals surface area contributed by atoms with Crippen LogP contribution in [-0.2, 0) is 9.59 Å². The van der Waals surface area contributed by atoms with Gasteiger partial charge in [0.1, 0.15) is 5.54 Å². The van der Waals surface area contributed by atoms with E-state index in [1.807, 2.05) is 41.3 Å². The third-order valence-corrected chi connectivity index (χ3v) is 5.65. The Balaban J connectivity index is 1.75. The molecule has 22 heavy (non-hydrogen) atoms. The molecule has 1 amide bonds. The molecule has 1 aliphatic carbocycles. The zero-order chi connectivity index (χ0) is 15.2. The van der Waals surface area contributed by atoms with Crippen molar-refractivity contribution >= 4 is 17.8 Å². The Hall–Kier alpha value is -1.90. The van der Waals surface area contributed by atoms with E-state index in [0.29, 0.717) is 12.3 Å². The van der Waals surface area contributed by atoms with Crippen molar-refractivity contribution < 1.29 is 9.59 Å². The third-order valence-electron chi connectivity index (χ3n) is 5.65. The van der Waals surface area contributed by atoms with Crippen LogP contribution in [-0.4, -0.2) is 28.7 Å². The number of hydrogen-bond donors (Lipinski definition) is 0. The molecular formula is C19H21NO2. The lowest BCUT2D eigenvalue weighted by Crippen LogP contribution is -2.52. The molecule has 0 radical (unpaired) electrons. The van der Waals surface area contributed by atoms with Crippen molar-refractivity contribution in [2.24, 2.45) is 5.92 Å². The minimum absolute atomic E-state index is 0.182. The van der Waals surface area contributed by atoms with Gasteiger partial charge >= 0.3 is 0 Å². The van der Waals surface area contributed by atoms with Gasteiger partial charge in [-0.05, 0) is 48.8 Å². The van der Waals surface area contributed by atoms with E-state index in [2.05, 4.69) is 0 Å². The molecule has 3 fully saturated rings. The first kappa shape index (κ1) is 13.7. The van der Waals surface area contributed by atoms with Crippen LogP contribution < -0.4 is 0 Å². The second-order valence-electron chi connectivity index (χ2n) is 6.78. The van der Waals surface area contributed by atoms with Crippen LogP contribution in [0, 0.1) is 5.92 Å². The lowest BCUT2D eigenvalue weighted by atomic mass is 9.82. The summed E-state index contributed by atoms with van der Waals surface area (Å²) in [6.07, 6.45) is 7.37. The zero-order valence-corrected chi connectivity index (χ0v) is 12.8. The molecule has 0 aromatic heterocycles. The second kappa shape index (κ2) is 5.08. The highest BCUT2D eigenvalue weighted by atomic mass is 16.2. The van der Waals surface area contributed by atoms with Gasteiger partial charge in [-0.25, -0.2) is 0 Å². The molecule has 2 atom stereocenters. The Labute approximate surface area is 131 Å². The van der Waals surface area contributed by atoms with Crippen LogP contribution in [0.3, 0.4) is 0 Å². The molecule has 2 heterocycles. The maximum absolute atomic E-state index is 13.2. The van der Waals surface area contributed by atoms with Crippen LogP contribution in [0.1, 0.15) is 44.1 Å². The highest BCUT2D eigenvalue weighted by Gasteiger charge is 2.60. The van der Waals surface area contributed by atoms with E-state index in [1.165, 1.54) is 0 Å². The number of carbonyl (C=O) groups excluding carboxylic acids is 2. The van der Waals surface area contributed by atoms with Gasteiger partial charge in [0.15, 0.2) is 5.78 Å². The van der Waals surface area contributed by atoms with E-state index in [1.54, 1.807) is 0 Å². The Morgan fingerprint density at radius 2 is 1.95 bits per heavy atom. The fourth-order valence-corrected chi connectivity index (χ4v) is 4.64. The van der Waals surface area contributed by atoms with Crippen molar-refractivity contribution in [2.75, 3.05) is 6.54 Å². The number of amides is 1. The summed E-state index contributed by atoms with van der Waals surface area (Å²) >= 11 is 0. The summed E-state index contributed by atoms with van der Waals surface area (Å²) in [5.74, 6) is 0.722. The molecule has 2 saturated heterocycles. The zero-order valence-electron chi connectivity index (χ0n) is 12.8. The summed E-state index contributed by atoms with van der Waals surface area (Å²) in [5, 5.41) is 0. The number of hydrogen-bond acceptors (Lipinski definition) is 2. The highest BCUT2D eigenvalue weighted by molar-refractivity contribution is 6.11. The Kier molecular flexibility index (Phi) is 3.17. The van der Waals surface area contributed by atoms with Gasteiger partial charge in [0.25, 0.3) is 0 Å². The topological polar surface area (TPSA) is 37.4 Å². The number of rotatable bonds is 1. The third kappa shape index (κ3) is 1.88. The molecule has 1 spiro atoms. The van der Waals surface area contributed by atoms with E-state index in [9.17, 15) is 9.59 Å². The molecule has 114 valence electrons. The standard InChI is InChI=1S/C19H21NO2/c21-17-9-10-19-16(8-4-5-11-20(17)19)13-15(18(19)22)12-14-6-2-1-3-7-14/h1-3,6-7,12,16H,4-5,8-11,13H2/b15-12+/t16-,19-/m0/s1. The van der Waals surface area contributed by atoms with Crippen LogP contribution >= 0.6 is 0 Å². The maximum Gasteiger partial charge on any atom is 0.223 e. The van der Waals surface area contributed by atoms with Crippen molar-refractivity contribution in [3.05, 3.63) is 41.5 Å². The van der Waals surface area contributed by atoms with E-state index < -0.39 is 5.54 Å². The van der Waals surface area contributed by atoms with Crippen LogP contribution in [0.15, 0.2) is 35.9 Å². The second-order valence-corrected chi connectivity index (χ2v) is 6.78. The Morgan fingerprint density at radius 1 is 1.14 bits per heavy atom. The molecule has 3 heteroatoms. The molecule has 1 aromatic rings. The summed E-state index contributed by atoms with van der Waals surface area (Å²) in [4.78, 5) is 27.4. The van der Waals surface area contributed by atoms with Gasteiger partial charge in [0.05, 0.1) is 0 Å². The van der Waals surface area contributed by atoms with Crippen molar-refractivity contribution in [2.45, 2.75) is 44.1 Å². The molecule has 4 rings (SSSR count). The van der Waals surface area contributed by atoms with E-state index in [4.69, 9.17) is 0 Å². The van der Waals surface area contributed by atoms with Gasteiger partial charge in [-0.2, -0.15) is 0 Å². The molecule has 2 aliphatic heterocycles. The Morgan fingerprint density at radius 3 is 2.77 bits per heavy atom. The number of Topliss-reactive ketones (excluding diaryl/α,β-unsaturated/α-hetero) is 1. The van der Waals surface area contributed by atoms with Gasteiger partial charge < -0.3 is 4.90 Å². The fourth-order valence-electron chi connectivity index (χ4n) is 4.64. The van der Waals surface area contributed by atoms with E-state index in [-0.39, 0.29) is 11.7 Å². The average molecular weight is 295 g/mol. The SMILES string of the molecule is O=C1CC[C@@]23C(=O)/C(=C/c4ccccc4)C[C@@H]2CCCCN13. The predicted molar refractivity (Wildman–Crippen MR) is 85.1 cm³/mol. The van der Waals surface area contributed by atoms with E-state index in [0.717, 1.165) is 49.8 Å². The molecule has 3 aliphatic rings. The van der Waals surface area contributed by atoms with Gasteiger partial charge in [0.2, 0.25) is 5.91 Å². The summed E-state index contributed by atoms with van der Waals surface area (Å²) in [6.45, 7) is 0.764. The van der Waals surface area contributed by atoms with Crippen LogP contribution in [0.4, 0.5) is 0 Å². The number of nitrogens with zero attached hydrogens (tertiary/aromatic N) is 1. The molecular weight excluding hydrogens is 274 g/mol. The molecule has 3 nitrogen and oxygen atoms in total. The number of benzene rings is 1. The largest absolute Gasteiger partial charge is 0.329 e. The van der Waals surface area contributed by atoms with Crippen LogP contribution in [0.25, 0.3) is 6.08 Å². The summed E-state index contributed by atoms with van der Waals surface area (Å²) in [5.41, 5.74) is 1.49. The Bertz CT molecular complexity index is 649. The summed E-state index contributed by atoms with van der Waals surface area (Å²) < 4.78 is 0. The first-order chi connectivity index (χ1) is 10.7. The first-order valence-corrected chi connectivity index (χ1v) is 8.33. The molecule has 0 bridgehead atoms. The lowest BCUT2D eigenvalue weighted by molar-refractivity contribution is -0.138. The monoisotopic (exact) mass is 295 g/mol. The predicted octanol–water partition coefficient (Wildman–Crippen LogP) is 3.20. The fraction of sp³-hybridized carbons (Fsp3) is 0.474. The van der Waals surface area contributed by atoms with Gasteiger partial charge in [-0.15, -0.1) is 0 Å². The molecule has 1 saturated carbocycles. The van der Waals surface area contributed by atoms with Gasteiger partial charge in [-0.3, -0.25) is 9.59 Å². The molecule has 0 N–H and O–H groups in total. The van der Waals surface area contributed by atoms with Crippen molar-refractivity contribution in [3.8, 4) is 0 Å². The molecule has 0 unspecified atom stereocenters. The summed E-state index contributed by atoms with van der Waals surface area (Å²) in [6, 6.07) is 10.0. The minimum atomic E-state index is -0.506. The number of carbonyl (C=O) groups is 2. The van der Waals surface area contributed by atoms with Gasteiger partial charge in [0, 0.05) is 13.0 Å². The van der Waals surface area contributed by atoms with E-state index >= 15 is 0 Å². The molecule has 1 aromatic carbocycles. The number of ketones is 1.